The molecule has 0 N–H and O–H groups in total. The van der Waals surface area contributed by atoms with Crippen molar-refractivity contribution in [3.8, 4) is 0 Å². The number of hydrogen-bond acceptors (Lipinski definition) is 2. The molecule has 0 saturated carbocycles. The van der Waals surface area contributed by atoms with Gasteiger partial charge >= 0.3 is 0 Å². The van der Waals surface area contributed by atoms with Crippen molar-refractivity contribution in [3.63, 3.8) is 0 Å². The van der Waals surface area contributed by atoms with E-state index in [1.54, 1.807) is 0 Å². The minimum Gasteiger partial charge on any atom is -0.347 e. The Kier molecular flexibility index (Phi) is 1.59. The lowest BCUT2D eigenvalue weighted by atomic mass is 10.0. The number of allylic oxidation sites excluding steroid dienone is 2. The maximum Gasteiger partial charge on any atom is 0.175 e. The van der Waals surface area contributed by atoms with E-state index in [2.05, 4.69) is 12.2 Å². The number of ether oxygens (including phenoxy) is 2. The van der Waals surface area contributed by atoms with Crippen molar-refractivity contribution in [1.82, 2.24) is 0 Å². The largest absolute Gasteiger partial charge is 0.347 e. The smallest absolute Gasteiger partial charge is 0.175 e. The Bertz CT molecular complexity index is 188. The molecule has 1 aliphatic carbocycles. The number of hydrogen-bond donors (Lipinski definition) is 0. The maximum absolute atomic E-state index is 5.50. The SMILES string of the molecule is CC1(C2C=CC=C2)OCCO1. The van der Waals surface area contributed by atoms with Crippen molar-refractivity contribution >= 4 is 0 Å². The Labute approximate surface area is 66.5 Å². The molecule has 2 aliphatic rings. The van der Waals surface area contributed by atoms with Gasteiger partial charge in [-0.05, 0) is 6.92 Å². The molecule has 2 rings (SSSR count). The standard InChI is InChI=1S/C9H12O2/c1-9(10-6-7-11-9)8-4-2-3-5-8/h2-5,8H,6-7H2,1H3. The molecular formula is C9H12O2. The Hall–Kier alpha value is -0.600. The Balaban J connectivity index is 2.12. The Morgan fingerprint density at radius 1 is 1.18 bits per heavy atom. The summed E-state index contributed by atoms with van der Waals surface area (Å²) in [6.45, 7) is 3.42. The molecule has 0 spiro atoms. The average Bonchev–Trinajstić information content (AvgIpc) is 2.55. The third-order valence-electron chi connectivity index (χ3n) is 2.21. The maximum atomic E-state index is 5.50. The predicted molar refractivity (Wildman–Crippen MR) is 42.1 cm³/mol. The summed E-state index contributed by atoms with van der Waals surface area (Å²) in [5.41, 5.74) is 0. The highest BCUT2D eigenvalue weighted by molar-refractivity contribution is 5.20. The first kappa shape index (κ1) is 7.07. The van der Waals surface area contributed by atoms with Crippen LogP contribution in [-0.2, 0) is 9.47 Å². The summed E-state index contributed by atoms with van der Waals surface area (Å²) < 4.78 is 11.0. The van der Waals surface area contributed by atoms with E-state index in [-0.39, 0.29) is 0 Å². The zero-order chi connectivity index (χ0) is 7.73. The second kappa shape index (κ2) is 2.47. The first-order valence-electron chi connectivity index (χ1n) is 3.94. The summed E-state index contributed by atoms with van der Waals surface area (Å²) in [6.07, 6.45) is 8.26. The van der Waals surface area contributed by atoms with Crippen LogP contribution < -0.4 is 0 Å². The van der Waals surface area contributed by atoms with Crippen molar-refractivity contribution in [3.05, 3.63) is 24.3 Å². The van der Waals surface area contributed by atoms with Crippen molar-refractivity contribution in [2.24, 2.45) is 5.92 Å². The molecule has 0 unspecified atom stereocenters. The van der Waals surface area contributed by atoms with Crippen molar-refractivity contribution in [1.29, 1.82) is 0 Å². The zero-order valence-corrected chi connectivity index (χ0v) is 6.62. The average molecular weight is 152 g/mol. The topological polar surface area (TPSA) is 18.5 Å². The molecule has 1 heterocycles. The van der Waals surface area contributed by atoms with Crippen LogP contribution in [0, 0.1) is 5.92 Å². The van der Waals surface area contributed by atoms with Gasteiger partial charge in [0.15, 0.2) is 5.79 Å². The lowest BCUT2D eigenvalue weighted by molar-refractivity contribution is -0.158. The zero-order valence-electron chi connectivity index (χ0n) is 6.62. The van der Waals surface area contributed by atoms with E-state index in [0.29, 0.717) is 19.1 Å². The highest BCUT2D eigenvalue weighted by Gasteiger charge is 2.37. The third-order valence-corrected chi connectivity index (χ3v) is 2.21. The molecule has 11 heavy (non-hydrogen) atoms. The van der Waals surface area contributed by atoms with E-state index in [9.17, 15) is 0 Å². The van der Waals surface area contributed by atoms with Crippen LogP contribution >= 0.6 is 0 Å². The molecule has 2 heteroatoms. The molecule has 0 bridgehead atoms. The minimum atomic E-state index is -0.399. The van der Waals surface area contributed by atoms with Crippen LogP contribution in [0.3, 0.4) is 0 Å². The van der Waals surface area contributed by atoms with Gasteiger partial charge in [-0.3, -0.25) is 0 Å². The third kappa shape index (κ3) is 1.12. The van der Waals surface area contributed by atoms with E-state index in [1.807, 2.05) is 19.1 Å². The normalized spacial score (nSPS) is 28.5. The molecule has 0 aromatic carbocycles. The van der Waals surface area contributed by atoms with Gasteiger partial charge in [-0.1, -0.05) is 24.3 Å². The van der Waals surface area contributed by atoms with Gasteiger partial charge < -0.3 is 9.47 Å². The predicted octanol–water partition coefficient (Wildman–Crippen LogP) is 1.49. The highest BCUT2D eigenvalue weighted by atomic mass is 16.7. The summed E-state index contributed by atoms with van der Waals surface area (Å²) in [5, 5.41) is 0. The second-order valence-electron chi connectivity index (χ2n) is 3.01. The highest BCUT2D eigenvalue weighted by Crippen LogP contribution is 2.31. The van der Waals surface area contributed by atoms with Crippen LogP contribution in [0.15, 0.2) is 24.3 Å². The first-order valence-corrected chi connectivity index (χ1v) is 3.94. The van der Waals surface area contributed by atoms with Crippen LogP contribution in [0.1, 0.15) is 6.92 Å². The molecule has 0 aromatic rings. The van der Waals surface area contributed by atoms with Crippen LogP contribution in [0.25, 0.3) is 0 Å². The molecule has 0 amide bonds. The van der Waals surface area contributed by atoms with E-state index in [0.717, 1.165) is 0 Å². The van der Waals surface area contributed by atoms with Crippen molar-refractivity contribution in [2.45, 2.75) is 12.7 Å². The monoisotopic (exact) mass is 152 g/mol. The molecule has 0 aromatic heterocycles. The van der Waals surface area contributed by atoms with E-state index >= 15 is 0 Å². The van der Waals surface area contributed by atoms with E-state index < -0.39 is 5.79 Å². The summed E-state index contributed by atoms with van der Waals surface area (Å²) in [7, 11) is 0. The van der Waals surface area contributed by atoms with Crippen LogP contribution in [0.2, 0.25) is 0 Å². The Morgan fingerprint density at radius 3 is 2.27 bits per heavy atom. The molecule has 60 valence electrons. The second-order valence-corrected chi connectivity index (χ2v) is 3.01. The minimum absolute atomic E-state index is 0.296. The molecular weight excluding hydrogens is 140 g/mol. The van der Waals surface area contributed by atoms with Gasteiger partial charge in [0.1, 0.15) is 0 Å². The van der Waals surface area contributed by atoms with Crippen LogP contribution in [0.4, 0.5) is 0 Å². The molecule has 1 saturated heterocycles. The van der Waals surface area contributed by atoms with Gasteiger partial charge in [-0.2, -0.15) is 0 Å². The molecule has 0 radical (unpaired) electrons. The molecule has 1 fully saturated rings. The van der Waals surface area contributed by atoms with Gasteiger partial charge in [-0.15, -0.1) is 0 Å². The summed E-state index contributed by atoms with van der Waals surface area (Å²) in [5.74, 6) is -0.103. The number of rotatable bonds is 1. The van der Waals surface area contributed by atoms with Gasteiger partial charge in [-0.25, -0.2) is 0 Å². The van der Waals surface area contributed by atoms with E-state index in [4.69, 9.17) is 9.47 Å². The fourth-order valence-corrected chi connectivity index (χ4v) is 1.50. The quantitative estimate of drug-likeness (QED) is 0.566. The fourth-order valence-electron chi connectivity index (χ4n) is 1.50. The van der Waals surface area contributed by atoms with Gasteiger partial charge in [0.05, 0.1) is 13.2 Å². The molecule has 1 aliphatic heterocycles. The van der Waals surface area contributed by atoms with Crippen LogP contribution in [-0.4, -0.2) is 19.0 Å². The van der Waals surface area contributed by atoms with Crippen molar-refractivity contribution < 1.29 is 9.47 Å². The molecule has 2 nitrogen and oxygen atoms in total. The van der Waals surface area contributed by atoms with Crippen molar-refractivity contribution in [2.75, 3.05) is 13.2 Å². The van der Waals surface area contributed by atoms with Gasteiger partial charge in [0.25, 0.3) is 0 Å². The van der Waals surface area contributed by atoms with Crippen LogP contribution in [0.5, 0.6) is 0 Å². The summed E-state index contributed by atoms with van der Waals surface area (Å²) in [6, 6.07) is 0. The molecule has 0 atom stereocenters. The Morgan fingerprint density at radius 2 is 1.73 bits per heavy atom. The van der Waals surface area contributed by atoms with Gasteiger partial charge in [0, 0.05) is 5.92 Å². The lowest BCUT2D eigenvalue weighted by Crippen LogP contribution is -2.32. The lowest BCUT2D eigenvalue weighted by Gasteiger charge is -2.26. The van der Waals surface area contributed by atoms with E-state index in [1.165, 1.54) is 0 Å². The van der Waals surface area contributed by atoms with Gasteiger partial charge in [0.2, 0.25) is 0 Å². The first-order chi connectivity index (χ1) is 5.31. The summed E-state index contributed by atoms with van der Waals surface area (Å²) >= 11 is 0. The summed E-state index contributed by atoms with van der Waals surface area (Å²) in [4.78, 5) is 0. The fraction of sp³-hybridized carbons (Fsp3) is 0.556.